The lowest BCUT2D eigenvalue weighted by atomic mass is 9.79. The summed E-state index contributed by atoms with van der Waals surface area (Å²) < 4.78 is 0. The lowest BCUT2D eigenvalue weighted by Gasteiger charge is -2.36. The third kappa shape index (κ3) is 4.61. The normalized spacial score (nSPS) is 23.6. The van der Waals surface area contributed by atoms with Crippen LogP contribution < -0.4 is 10.8 Å². The Labute approximate surface area is 134 Å². The maximum Gasteiger partial charge on any atom is 0.253 e. The number of carbonyl (C=O) groups excluding carboxylic acids is 1. The standard InChI is InChI=1S/C15H21ClN2O2S/c1-10(21-9-15(19)18-20)14-8-17-7-6-13(14)11-2-4-12(16)5-3-11/h2-5,10,13-14,17,20H,6-9H2,1H3,(H,18,19)/t10?,13-,14-/m1/s1. The SMILES string of the molecule is CC(SCC(=O)NO)[C@H]1CNCC[C@@H]1c1ccc(Cl)cc1. The molecular weight excluding hydrogens is 308 g/mol. The molecule has 1 fully saturated rings. The van der Waals surface area contributed by atoms with Crippen LogP contribution >= 0.6 is 23.4 Å². The maximum atomic E-state index is 11.2. The Morgan fingerprint density at radius 3 is 2.90 bits per heavy atom. The fraction of sp³-hybridized carbons (Fsp3) is 0.533. The Morgan fingerprint density at radius 2 is 2.24 bits per heavy atom. The number of benzene rings is 1. The molecule has 6 heteroatoms. The molecule has 1 unspecified atom stereocenters. The fourth-order valence-electron chi connectivity index (χ4n) is 2.86. The molecule has 116 valence electrons. The van der Waals surface area contributed by atoms with Crippen LogP contribution in [0, 0.1) is 5.92 Å². The van der Waals surface area contributed by atoms with E-state index in [-0.39, 0.29) is 11.7 Å². The van der Waals surface area contributed by atoms with Crippen molar-refractivity contribution in [3.05, 3.63) is 34.9 Å². The number of hydrogen-bond donors (Lipinski definition) is 3. The predicted molar refractivity (Wildman–Crippen MR) is 87.0 cm³/mol. The van der Waals surface area contributed by atoms with Crippen LogP contribution in [0.25, 0.3) is 0 Å². The molecule has 1 saturated heterocycles. The zero-order valence-corrected chi connectivity index (χ0v) is 13.6. The second-order valence-corrected chi connectivity index (χ2v) is 7.17. The highest BCUT2D eigenvalue weighted by Crippen LogP contribution is 2.36. The Morgan fingerprint density at radius 1 is 1.52 bits per heavy atom. The maximum absolute atomic E-state index is 11.2. The summed E-state index contributed by atoms with van der Waals surface area (Å²) in [5.41, 5.74) is 2.99. The number of amides is 1. The summed E-state index contributed by atoms with van der Waals surface area (Å²) in [6, 6.07) is 8.08. The number of halogens is 1. The zero-order valence-electron chi connectivity index (χ0n) is 12.0. The first kappa shape index (κ1) is 16.6. The van der Waals surface area contributed by atoms with Crippen molar-refractivity contribution in [3.8, 4) is 0 Å². The van der Waals surface area contributed by atoms with Crippen LogP contribution in [0.3, 0.4) is 0 Å². The van der Waals surface area contributed by atoms with Crippen LogP contribution in [0.5, 0.6) is 0 Å². The van der Waals surface area contributed by atoms with Crippen molar-refractivity contribution in [2.24, 2.45) is 5.92 Å². The molecule has 0 spiro atoms. The zero-order chi connectivity index (χ0) is 15.2. The van der Waals surface area contributed by atoms with E-state index in [1.807, 2.05) is 12.1 Å². The van der Waals surface area contributed by atoms with Gasteiger partial charge in [0.05, 0.1) is 5.75 Å². The number of carbonyl (C=O) groups is 1. The number of hydrogen-bond acceptors (Lipinski definition) is 4. The predicted octanol–water partition coefficient (Wildman–Crippen LogP) is 2.66. The van der Waals surface area contributed by atoms with Crippen molar-refractivity contribution in [1.29, 1.82) is 0 Å². The summed E-state index contributed by atoms with van der Waals surface area (Å²) in [7, 11) is 0. The van der Waals surface area contributed by atoms with Crippen LogP contribution in [0.1, 0.15) is 24.8 Å². The third-order valence-electron chi connectivity index (χ3n) is 4.03. The summed E-state index contributed by atoms with van der Waals surface area (Å²) >= 11 is 7.54. The van der Waals surface area contributed by atoms with Crippen LogP contribution in [-0.4, -0.2) is 35.2 Å². The van der Waals surface area contributed by atoms with E-state index in [1.54, 1.807) is 17.2 Å². The molecule has 21 heavy (non-hydrogen) atoms. The van der Waals surface area contributed by atoms with Gasteiger partial charge >= 0.3 is 0 Å². The minimum Gasteiger partial charge on any atom is -0.316 e. The number of rotatable bonds is 5. The summed E-state index contributed by atoms with van der Waals surface area (Å²) in [6.45, 7) is 4.11. The van der Waals surface area contributed by atoms with Gasteiger partial charge in [-0.1, -0.05) is 30.7 Å². The molecule has 0 aromatic heterocycles. The van der Waals surface area contributed by atoms with Gasteiger partial charge < -0.3 is 5.32 Å². The van der Waals surface area contributed by atoms with Crippen LogP contribution in [0.2, 0.25) is 5.02 Å². The van der Waals surface area contributed by atoms with Gasteiger partial charge in [-0.3, -0.25) is 10.0 Å². The minimum absolute atomic E-state index is 0.279. The van der Waals surface area contributed by atoms with Gasteiger partial charge in [0.2, 0.25) is 0 Å². The summed E-state index contributed by atoms with van der Waals surface area (Å²) in [5.74, 6) is 0.861. The van der Waals surface area contributed by atoms with Gasteiger partial charge in [0, 0.05) is 10.3 Å². The monoisotopic (exact) mass is 328 g/mol. The molecule has 0 bridgehead atoms. The highest BCUT2D eigenvalue weighted by Gasteiger charge is 2.31. The number of piperidine rings is 1. The van der Waals surface area contributed by atoms with Crippen molar-refractivity contribution in [1.82, 2.24) is 10.8 Å². The van der Waals surface area contributed by atoms with Gasteiger partial charge in [-0.25, -0.2) is 5.48 Å². The summed E-state index contributed by atoms with van der Waals surface area (Å²) in [4.78, 5) is 11.2. The fourth-order valence-corrected chi connectivity index (χ4v) is 4.00. The minimum atomic E-state index is -0.348. The summed E-state index contributed by atoms with van der Waals surface area (Å²) in [6.07, 6.45) is 1.09. The average Bonchev–Trinajstić information content (AvgIpc) is 2.53. The smallest absolute Gasteiger partial charge is 0.253 e. The molecule has 0 saturated carbocycles. The van der Waals surface area contributed by atoms with Crippen LogP contribution in [-0.2, 0) is 4.79 Å². The molecular formula is C15H21ClN2O2S. The molecule has 1 aromatic carbocycles. The van der Waals surface area contributed by atoms with Crippen molar-refractivity contribution in [3.63, 3.8) is 0 Å². The van der Waals surface area contributed by atoms with Gasteiger partial charge in [0.25, 0.3) is 5.91 Å². The van der Waals surface area contributed by atoms with E-state index in [0.717, 1.165) is 24.5 Å². The molecule has 4 nitrogen and oxygen atoms in total. The molecule has 2 rings (SSSR count). The molecule has 3 atom stereocenters. The van der Waals surface area contributed by atoms with E-state index in [1.165, 1.54) is 5.56 Å². The molecule has 3 N–H and O–H groups in total. The van der Waals surface area contributed by atoms with Gasteiger partial charge in [-0.15, -0.1) is 11.8 Å². The van der Waals surface area contributed by atoms with E-state index in [9.17, 15) is 4.79 Å². The Kier molecular flexibility index (Phi) is 6.36. The number of nitrogens with one attached hydrogen (secondary N) is 2. The number of hydroxylamine groups is 1. The Balaban J connectivity index is 2.04. The largest absolute Gasteiger partial charge is 0.316 e. The first-order valence-electron chi connectivity index (χ1n) is 7.12. The van der Waals surface area contributed by atoms with Crippen molar-refractivity contribution >= 4 is 29.3 Å². The molecule has 1 aliphatic heterocycles. The summed E-state index contributed by atoms with van der Waals surface area (Å²) in [5, 5.41) is 13.1. The lowest BCUT2D eigenvalue weighted by Crippen LogP contribution is -2.40. The van der Waals surface area contributed by atoms with E-state index >= 15 is 0 Å². The van der Waals surface area contributed by atoms with E-state index in [0.29, 0.717) is 17.1 Å². The van der Waals surface area contributed by atoms with Crippen LogP contribution in [0.4, 0.5) is 0 Å². The number of thioether (sulfide) groups is 1. The second-order valence-electron chi connectivity index (χ2n) is 5.37. The van der Waals surface area contributed by atoms with Gasteiger partial charge in [-0.2, -0.15) is 0 Å². The van der Waals surface area contributed by atoms with Crippen molar-refractivity contribution in [2.75, 3.05) is 18.8 Å². The van der Waals surface area contributed by atoms with Crippen molar-refractivity contribution < 1.29 is 10.0 Å². The molecule has 0 radical (unpaired) electrons. The second kappa shape index (κ2) is 8.03. The Bertz CT molecular complexity index is 469. The topological polar surface area (TPSA) is 61.4 Å². The quantitative estimate of drug-likeness (QED) is 0.574. The molecule has 1 amide bonds. The van der Waals surface area contributed by atoms with E-state index < -0.39 is 0 Å². The molecule has 1 aliphatic rings. The first-order chi connectivity index (χ1) is 10.1. The van der Waals surface area contributed by atoms with E-state index in [2.05, 4.69) is 24.4 Å². The highest BCUT2D eigenvalue weighted by atomic mass is 35.5. The van der Waals surface area contributed by atoms with Gasteiger partial charge in [0.15, 0.2) is 0 Å². The highest BCUT2D eigenvalue weighted by molar-refractivity contribution is 8.00. The lowest BCUT2D eigenvalue weighted by molar-refractivity contribution is -0.126. The Hall–Kier alpha value is -0.750. The van der Waals surface area contributed by atoms with Gasteiger partial charge in [-0.05, 0) is 49.0 Å². The van der Waals surface area contributed by atoms with Crippen LogP contribution in [0.15, 0.2) is 24.3 Å². The van der Waals surface area contributed by atoms with E-state index in [4.69, 9.17) is 16.8 Å². The molecule has 0 aliphatic carbocycles. The van der Waals surface area contributed by atoms with Crippen molar-refractivity contribution in [2.45, 2.75) is 24.5 Å². The first-order valence-corrected chi connectivity index (χ1v) is 8.55. The molecule has 1 heterocycles. The average molecular weight is 329 g/mol. The molecule has 1 aromatic rings. The third-order valence-corrected chi connectivity index (χ3v) is 5.59. The van der Waals surface area contributed by atoms with Gasteiger partial charge in [0.1, 0.15) is 0 Å².